The van der Waals surface area contributed by atoms with Crippen molar-refractivity contribution in [2.45, 2.75) is 26.2 Å². The van der Waals surface area contributed by atoms with Crippen LogP contribution in [0.3, 0.4) is 0 Å². The molecule has 0 amide bonds. The maximum Gasteiger partial charge on any atom is 0.306 e. The van der Waals surface area contributed by atoms with Gasteiger partial charge in [0.1, 0.15) is 6.79 Å². The van der Waals surface area contributed by atoms with Gasteiger partial charge in [0.05, 0.1) is 12.5 Å². The van der Waals surface area contributed by atoms with Crippen molar-refractivity contribution in [3.63, 3.8) is 0 Å². The van der Waals surface area contributed by atoms with Crippen molar-refractivity contribution in [1.29, 1.82) is 0 Å². The summed E-state index contributed by atoms with van der Waals surface area (Å²) in [6, 6.07) is 10.2. The molecule has 1 unspecified atom stereocenters. The van der Waals surface area contributed by atoms with E-state index in [9.17, 15) is 4.79 Å². The number of allylic oxidation sites excluding steroid dienone is 1. The first-order chi connectivity index (χ1) is 10.1. The normalized spacial score (nSPS) is 13.1. The van der Waals surface area contributed by atoms with Gasteiger partial charge in [0.25, 0.3) is 0 Å². The second-order valence-electron chi connectivity index (χ2n) is 5.08. The third kappa shape index (κ3) is 7.63. The Bertz CT molecular complexity index is 439. The molecule has 0 aromatic heterocycles. The molecule has 1 atom stereocenters. The second-order valence-corrected chi connectivity index (χ2v) is 5.08. The van der Waals surface area contributed by atoms with Gasteiger partial charge in [-0.2, -0.15) is 0 Å². The third-order valence-electron chi connectivity index (χ3n) is 3.25. The highest BCUT2D eigenvalue weighted by Crippen LogP contribution is 2.13. The molecule has 0 aliphatic heterocycles. The number of ether oxygens (including phenoxy) is 2. The minimum Gasteiger partial charge on any atom is -0.481 e. The molecule has 0 heterocycles. The van der Waals surface area contributed by atoms with E-state index in [2.05, 4.69) is 12.1 Å². The van der Waals surface area contributed by atoms with Crippen LogP contribution in [0, 0.1) is 5.92 Å². The van der Waals surface area contributed by atoms with Gasteiger partial charge in [-0.15, -0.1) is 0 Å². The lowest BCUT2D eigenvalue weighted by Crippen LogP contribution is -2.09. The summed E-state index contributed by atoms with van der Waals surface area (Å²) in [5.41, 5.74) is 2.38. The van der Waals surface area contributed by atoms with E-state index >= 15 is 0 Å². The van der Waals surface area contributed by atoms with Crippen LogP contribution in [0.1, 0.15) is 25.3 Å². The Kier molecular flexibility index (Phi) is 8.40. The first kappa shape index (κ1) is 17.4. The van der Waals surface area contributed by atoms with Crippen LogP contribution in [0.5, 0.6) is 0 Å². The van der Waals surface area contributed by atoms with Gasteiger partial charge in [-0.05, 0) is 30.4 Å². The lowest BCUT2D eigenvalue weighted by molar-refractivity contribution is -0.140. The number of carboxylic acids is 1. The van der Waals surface area contributed by atoms with Gasteiger partial charge in [0.2, 0.25) is 0 Å². The molecule has 4 heteroatoms. The van der Waals surface area contributed by atoms with Crippen molar-refractivity contribution < 1.29 is 19.4 Å². The predicted octanol–water partition coefficient (Wildman–Crippen LogP) is 3.28. The number of aryl methyl sites for hydroxylation is 1. The number of carboxylic acid groups (broad SMARTS) is 1. The van der Waals surface area contributed by atoms with Crippen molar-refractivity contribution in [2.24, 2.45) is 5.92 Å². The average Bonchev–Trinajstić information content (AvgIpc) is 2.50. The summed E-state index contributed by atoms with van der Waals surface area (Å²) in [5.74, 6) is -1.15. The predicted molar refractivity (Wildman–Crippen MR) is 82.1 cm³/mol. The molecule has 0 bridgehead atoms. The fourth-order valence-electron chi connectivity index (χ4n) is 1.88. The average molecular weight is 292 g/mol. The Hall–Kier alpha value is -1.65. The molecule has 1 aromatic rings. The molecule has 0 aliphatic rings. The number of methoxy groups -OCH3 is 1. The second kappa shape index (κ2) is 10.1. The summed E-state index contributed by atoms with van der Waals surface area (Å²) in [5, 5.41) is 8.94. The van der Waals surface area contributed by atoms with Gasteiger partial charge in [0.15, 0.2) is 0 Å². The fourth-order valence-corrected chi connectivity index (χ4v) is 1.88. The van der Waals surface area contributed by atoms with Crippen LogP contribution >= 0.6 is 0 Å². The Labute approximate surface area is 126 Å². The number of benzene rings is 1. The van der Waals surface area contributed by atoms with Crippen LogP contribution < -0.4 is 0 Å². The van der Waals surface area contributed by atoms with Crippen LogP contribution in [0.25, 0.3) is 0 Å². The molecular weight excluding hydrogens is 268 g/mol. The van der Waals surface area contributed by atoms with Crippen LogP contribution in [0.4, 0.5) is 0 Å². The highest BCUT2D eigenvalue weighted by molar-refractivity contribution is 5.69. The topological polar surface area (TPSA) is 55.8 Å². The fraction of sp³-hybridized carbons (Fsp3) is 0.471. The molecule has 4 nitrogen and oxygen atoms in total. The SMILES string of the molecule is COCOC/C(=C\CC(C)C(=O)O)CCc1ccccc1. The van der Waals surface area contributed by atoms with Crippen molar-refractivity contribution in [2.75, 3.05) is 20.5 Å². The lowest BCUT2D eigenvalue weighted by atomic mass is 10.0. The maximum absolute atomic E-state index is 10.9. The summed E-state index contributed by atoms with van der Waals surface area (Å²) in [4.78, 5) is 10.9. The summed E-state index contributed by atoms with van der Waals surface area (Å²) in [7, 11) is 1.58. The summed E-state index contributed by atoms with van der Waals surface area (Å²) >= 11 is 0. The molecule has 1 aromatic carbocycles. The Balaban J connectivity index is 2.54. The Morgan fingerprint density at radius 1 is 1.33 bits per heavy atom. The van der Waals surface area contributed by atoms with Crippen LogP contribution in [0.2, 0.25) is 0 Å². The molecule has 0 radical (unpaired) electrons. The molecule has 116 valence electrons. The smallest absolute Gasteiger partial charge is 0.306 e. The summed E-state index contributed by atoms with van der Waals surface area (Å²) in [6.45, 7) is 2.44. The van der Waals surface area contributed by atoms with E-state index in [0.717, 1.165) is 18.4 Å². The van der Waals surface area contributed by atoms with Gasteiger partial charge in [-0.25, -0.2) is 0 Å². The first-order valence-corrected chi connectivity index (χ1v) is 7.14. The highest BCUT2D eigenvalue weighted by Gasteiger charge is 2.09. The maximum atomic E-state index is 10.9. The number of hydrogen-bond donors (Lipinski definition) is 1. The van der Waals surface area contributed by atoms with E-state index in [0.29, 0.717) is 13.0 Å². The standard InChI is InChI=1S/C17H24O4/c1-14(17(18)19)8-9-16(12-21-13-20-2)11-10-15-6-4-3-5-7-15/h3-7,9,14H,8,10-13H2,1-2H3,(H,18,19)/b16-9-. The quantitative estimate of drug-likeness (QED) is 0.408. The molecule has 21 heavy (non-hydrogen) atoms. The Morgan fingerprint density at radius 2 is 2.05 bits per heavy atom. The van der Waals surface area contributed by atoms with Crippen molar-refractivity contribution in [3.8, 4) is 0 Å². The van der Waals surface area contributed by atoms with E-state index in [1.54, 1.807) is 14.0 Å². The zero-order valence-corrected chi connectivity index (χ0v) is 12.7. The minimum atomic E-state index is -0.772. The number of carbonyl (C=O) groups is 1. The van der Waals surface area contributed by atoms with Crippen LogP contribution in [-0.2, 0) is 20.7 Å². The van der Waals surface area contributed by atoms with Gasteiger partial charge in [-0.1, -0.05) is 43.3 Å². The zero-order valence-electron chi connectivity index (χ0n) is 12.7. The number of aliphatic carboxylic acids is 1. The highest BCUT2D eigenvalue weighted by atomic mass is 16.7. The Morgan fingerprint density at radius 3 is 2.67 bits per heavy atom. The lowest BCUT2D eigenvalue weighted by Gasteiger charge is -2.10. The van der Waals surface area contributed by atoms with Crippen molar-refractivity contribution >= 4 is 5.97 Å². The van der Waals surface area contributed by atoms with Gasteiger partial charge in [0, 0.05) is 7.11 Å². The van der Waals surface area contributed by atoms with E-state index in [4.69, 9.17) is 14.6 Å². The van der Waals surface area contributed by atoms with Crippen molar-refractivity contribution in [3.05, 3.63) is 47.5 Å². The summed E-state index contributed by atoms with van der Waals surface area (Å²) in [6.07, 6.45) is 4.29. The molecule has 0 spiro atoms. The van der Waals surface area contributed by atoms with Crippen molar-refractivity contribution in [1.82, 2.24) is 0 Å². The minimum absolute atomic E-state index is 0.247. The molecule has 0 fully saturated rings. The molecular formula is C17H24O4. The third-order valence-corrected chi connectivity index (χ3v) is 3.25. The molecule has 1 N–H and O–H groups in total. The van der Waals surface area contributed by atoms with Crippen LogP contribution in [-0.4, -0.2) is 31.6 Å². The molecule has 0 saturated carbocycles. The van der Waals surface area contributed by atoms with E-state index in [1.807, 2.05) is 24.3 Å². The molecule has 1 rings (SSSR count). The monoisotopic (exact) mass is 292 g/mol. The van der Waals surface area contributed by atoms with E-state index < -0.39 is 5.97 Å². The van der Waals surface area contributed by atoms with E-state index in [-0.39, 0.29) is 12.7 Å². The van der Waals surface area contributed by atoms with E-state index in [1.165, 1.54) is 5.56 Å². The molecule has 0 aliphatic carbocycles. The van der Waals surface area contributed by atoms with Crippen LogP contribution in [0.15, 0.2) is 42.0 Å². The van der Waals surface area contributed by atoms with Gasteiger partial charge >= 0.3 is 5.97 Å². The van der Waals surface area contributed by atoms with Gasteiger partial charge < -0.3 is 14.6 Å². The summed E-state index contributed by atoms with van der Waals surface area (Å²) < 4.78 is 10.3. The largest absolute Gasteiger partial charge is 0.481 e. The molecule has 0 saturated heterocycles. The zero-order chi connectivity index (χ0) is 15.5. The first-order valence-electron chi connectivity index (χ1n) is 7.14. The van der Waals surface area contributed by atoms with Gasteiger partial charge in [-0.3, -0.25) is 4.79 Å². The number of hydrogen-bond acceptors (Lipinski definition) is 3. The number of rotatable bonds is 10.